The summed E-state index contributed by atoms with van der Waals surface area (Å²) < 4.78 is 22.9. The second kappa shape index (κ2) is 6.56. The number of para-hydroxylation sites is 1. The molecule has 0 bridgehead atoms. The highest BCUT2D eigenvalue weighted by Gasteiger charge is 2.29. The summed E-state index contributed by atoms with van der Waals surface area (Å²) in [5, 5.41) is 10.7. The van der Waals surface area contributed by atoms with Crippen LogP contribution in [0.15, 0.2) is 42.5 Å². The first-order valence-electron chi connectivity index (χ1n) is 7.58. The van der Waals surface area contributed by atoms with Crippen LogP contribution in [0.2, 0.25) is 0 Å². The van der Waals surface area contributed by atoms with Gasteiger partial charge in [0.25, 0.3) is 5.91 Å². The minimum Gasteiger partial charge on any atom is -0.347 e. The van der Waals surface area contributed by atoms with Crippen LogP contribution in [0.25, 0.3) is 0 Å². The predicted octanol–water partition coefficient (Wildman–Crippen LogP) is 1.16. The van der Waals surface area contributed by atoms with Gasteiger partial charge in [-0.15, -0.1) is 10.2 Å². The zero-order chi connectivity index (χ0) is 17.2. The molecule has 1 amide bonds. The van der Waals surface area contributed by atoms with Crippen LogP contribution in [-0.2, 0) is 9.84 Å². The average molecular weight is 346 g/mol. The average Bonchev–Trinajstić information content (AvgIpc) is 2.93. The Hall–Kier alpha value is -2.48. The highest BCUT2D eigenvalue weighted by Crippen LogP contribution is 2.20. The van der Waals surface area contributed by atoms with Crippen molar-refractivity contribution in [2.75, 3.05) is 23.5 Å². The largest absolute Gasteiger partial charge is 0.347 e. The van der Waals surface area contributed by atoms with E-state index in [2.05, 4.69) is 15.5 Å². The molecule has 0 radical (unpaired) electrons. The van der Waals surface area contributed by atoms with E-state index in [1.54, 1.807) is 12.1 Å². The molecule has 1 aromatic heterocycles. The Bertz CT molecular complexity index is 822. The molecule has 1 fully saturated rings. The highest BCUT2D eigenvalue weighted by molar-refractivity contribution is 7.91. The lowest BCUT2D eigenvalue weighted by molar-refractivity contribution is 0.0935. The summed E-state index contributed by atoms with van der Waals surface area (Å²) in [6.07, 6.45) is 0.441. The molecule has 126 valence electrons. The van der Waals surface area contributed by atoms with Gasteiger partial charge in [-0.1, -0.05) is 18.2 Å². The summed E-state index contributed by atoms with van der Waals surface area (Å²) in [7, 11) is -1.17. The van der Waals surface area contributed by atoms with Crippen molar-refractivity contribution in [3.05, 3.63) is 48.2 Å². The van der Waals surface area contributed by atoms with Gasteiger partial charge in [0.05, 0.1) is 11.5 Å². The second-order valence-electron chi connectivity index (χ2n) is 5.74. The standard InChI is InChI=1S/C16H18N4O3S/c1-20(13-5-3-2-4-6-13)15-8-7-14(18-19-15)16(21)17-12-9-10-24(22,23)11-12/h2-8,12H,9-11H2,1H3,(H,17,21). The van der Waals surface area contributed by atoms with E-state index < -0.39 is 15.7 Å². The van der Waals surface area contributed by atoms with Gasteiger partial charge in [0.2, 0.25) is 0 Å². The number of sulfone groups is 1. The van der Waals surface area contributed by atoms with E-state index in [-0.39, 0.29) is 23.2 Å². The molecule has 7 nitrogen and oxygen atoms in total. The molecule has 1 atom stereocenters. The van der Waals surface area contributed by atoms with Gasteiger partial charge in [-0.2, -0.15) is 0 Å². The number of hydrogen-bond donors (Lipinski definition) is 1. The van der Waals surface area contributed by atoms with Crippen LogP contribution in [0.3, 0.4) is 0 Å². The van der Waals surface area contributed by atoms with Gasteiger partial charge in [-0.25, -0.2) is 8.42 Å². The Kier molecular flexibility index (Phi) is 4.48. The molecule has 1 N–H and O–H groups in total. The normalized spacial score (nSPS) is 19.0. The maximum atomic E-state index is 12.1. The molecule has 2 aromatic rings. The third-order valence-electron chi connectivity index (χ3n) is 3.94. The van der Waals surface area contributed by atoms with Crippen LogP contribution in [0.5, 0.6) is 0 Å². The molecule has 1 unspecified atom stereocenters. The Morgan fingerprint density at radius 2 is 1.92 bits per heavy atom. The molecule has 1 saturated heterocycles. The molecular weight excluding hydrogens is 328 g/mol. The van der Waals surface area contributed by atoms with E-state index in [4.69, 9.17) is 0 Å². The number of benzene rings is 1. The number of rotatable bonds is 4. The number of aromatic nitrogens is 2. The second-order valence-corrected chi connectivity index (χ2v) is 7.97. The Balaban J connectivity index is 1.67. The van der Waals surface area contributed by atoms with Gasteiger partial charge in [0.1, 0.15) is 0 Å². The van der Waals surface area contributed by atoms with Crippen LogP contribution in [0.4, 0.5) is 11.5 Å². The summed E-state index contributed by atoms with van der Waals surface area (Å²) in [5.74, 6) is 0.311. The number of nitrogens with one attached hydrogen (secondary N) is 1. The third kappa shape index (κ3) is 3.70. The monoisotopic (exact) mass is 346 g/mol. The zero-order valence-corrected chi connectivity index (χ0v) is 14.0. The lowest BCUT2D eigenvalue weighted by Gasteiger charge is -2.17. The fraction of sp³-hybridized carbons (Fsp3) is 0.312. The lowest BCUT2D eigenvalue weighted by Crippen LogP contribution is -2.36. The van der Waals surface area contributed by atoms with Crippen LogP contribution >= 0.6 is 0 Å². The fourth-order valence-corrected chi connectivity index (χ4v) is 4.25. The first-order chi connectivity index (χ1) is 11.4. The van der Waals surface area contributed by atoms with E-state index in [1.807, 2.05) is 42.3 Å². The van der Waals surface area contributed by atoms with Gasteiger partial charge in [0.15, 0.2) is 21.3 Å². The number of anilines is 2. The molecule has 0 spiro atoms. The van der Waals surface area contributed by atoms with Crippen LogP contribution in [0, 0.1) is 0 Å². The molecule has 1 aliphatic rings. The maximum absolute atomic E-state index is 12.1. The molecule has 8 heteroatoms. The fourth-order valence-electron chi connectivity index (χ4n) is 2.58. The van der Waals surface area contributed by atoms with Crippen molar-refractivity contribution in [1.29, 1.82) is 0 Å². The summed E-state index contributed by atoms with van der Waals surface area (Å²) in [6, 6.07) is 12.6. The molecule has 2 heterocycles. The number of hydrogen-bond acceptors (Lipinski definition) is 6. The van der Waals surface area contributed by atoms with Gasteiger partial charge in [0, 0.05) is 18.8 Å². The van der Waals surface area contributed by atoms with Crippen molar-refractivity contribution in [2.45, 2.75) is 12.5 Å². The van der Waals surface area contributed by atoms with E-state index in [0.717, 1.165) is 5.69 Å². The SMILES string of the molecule is CN(c1ccccc1)c1ccc(C(=O)NC2CCS(=O)(=O)C2)nn1. The Labute approximate surface area is 140 Å². The maximum Gasteiger partial charge on any atom is 0.272 e. The minimum atomic E-state index is -3.03. The summed E-state index contributed by atoms with van der Waals surface area (Å²) in [6.45, 7) is 0. The van der Waals surface area contributed by atoms with Gasteiger partial charge >= 0.3 is 0 Å². The number of carbonyl (C=O) groups is 1. The molecule has 3 rings (SSSR count). The highest BCUT2D eigenvalue weighted by atomic mass is 32.2. The van der Waals surface area contributed by atoms with Gasteiger partial charge in [-0.3, -0.25) is 4.79 Å². The topological polar surface area (TPSA) is 92.3 Å². The number of nitrogens with zero attached hydrogens (tertiary/aromatic N) is 3. The van der Waals surface area contributed by atoms with Crippen LogP contribution < -0.4 is 10.2 Å². The molecule has 1 aromatic carbocycles. The summed E-state index contributed by atoms with van der Waals surface area (Å²) >= 11 is 0. The lowest BCUT2D eigenvalue weighted by atomic mass is 10.2. The van der Waals surface area contributed by atoms with E-state index in [9.17, 15) is 13.2 Å². The number of carbonyl (C=O) groups excluding carboxylic acids is 1. The molecular formula is C16H18N4O3S. The van der Waals surface area contributed by atoms with Gasteiger partial charge in [-0.05, 0) is 30.7 Å². The summed E-state index contributed by atoms with van der Waals surface area (Å²) in [4.78, 5) is 14.0. The van der Waals surface area contributed by atoms with E-state index in [0.29, 0.717) is 12.2 Å². The minimum absolute atomic E-state index is 0.0129. The van der Waals surface area contributed by atoms with Crippen molar-refractivity contribution >= 4 is 27.2 Å². The molecule has 1 aliphatic heterocycles. The molecule has 0 aliphatic carbocycles. The molecule has 24 heavy (non-hydrogen) atoms. The van der Waals surface area contributed by atoms with Crippen LogP contribution in [0.1, 0.15) is 16.9 Å². The van der Waals surface area contributed by atoms with Crippen molar-refractivity contribution in [1.82, 2.24) is 15.5 Å². The summed E-state index contributed by atoms with van der Waals surface area (Å²) in [5.41, 5.74) is 1.13. The van der Waals surface area contributed by atoms with Crippen LogP contribution in [-0.4, -0.2) is 49.1 Å². The Morgan fingerprint density at radius 1 is 1.17 bits per heavy atom. The number of amides is 1. The first kappa shape index (κ1) is 16.4. The third-order valence-corrected chi connectivity index (χ3v) is 5.71. The van der Waals surface area contributed by atoms with E-state index >= 15 is 0 Å². The van der Waals surface area contributed by atoms with E-state index in [1.165, 1.54) is 0 Å². The van der Waals surface area contributed by atoms with Crippen molar-refractivity contribution in [3.63, 3.8) is 0 Å². The molecule has 0 saturated carbocycles. The smallest absolute Gasteiger partial charge is 0.272 e. The van der Waals surface area contributed by atoms with Crippen molar-refractivity contribution < 1.29 is 13.2 Å². The quantitative estimate of drug-likeness (QED) is 0.893. The van der Waals surface area contributed by atoms with Crippen molar-refractivity contribution in [2.24, 2.45) is 0 Å². The zero-order valence-electron chi connectivity index (χ0n) is 13.2. The Morgan fingerprint density at radius 3 is 2.50 bits per heavy atom. The van der Waals surface area contributed by atoms with Crippen molar-refractivity contribution in [3.8, 4) is 0 Å². The first-order valence-corrected chi connectivity index (χ1v) is 9.40. The van der Waals surface area contributed by atoms with Gasteiger partial charge < -0.3 is 10.2 Å². The predicted molar refractivity (Wildman–Crippen MR) is 91.1 cm³/mol.